The van der Waals surface area contributed by atoms with Crippen molar-refractivity contribution >= 4 is 23.5 Å². The van der Waals surface area contributed by atoms with Gasteiger partial charge in [-0.15, -0.1) is 0 Å². The molecule has 0 aliphatic heterocycles. The maximum atomic E-state index is 12.2. The molecule has 0 spiro atoms. The number of anilines is 1. The molecule has 0 aromatic heterocycles. The fourth-order valence-electron chi connectivity index (χ4n) is 2.53. The van der Waals surface area contributed by atoms with E-state index in [0.29, 0.717) is 23.6 Å². The van der Waals surface area contributed by atoms with Crippen LogP contribution >= 0.6 is 0 Å². The van der Waals surface area contributed by atoms with Crippen molar-refractivity contribution in [1.82, 2.24) is 5.32 Å². The van der Waals surface area contributed by atoms with Crippen molar-refractivity contribution in [3.8, 4) is 0 Å². The molecule has 1 aliphatic rings. The van der Waals surface area contributed by atoms with E-state index in [1.807, 2.05) is 13.8 Å². The molecule has 6 nitrogen and oxygen atoms in total. The van der Waals surface area contributed by atoms with Crippen LogP contribution in [0, 0.1) is 11.8 Å². The molecule has 0 heterocycles. The number of hydrogen-bond acceptors (Lipinski definition) is 3. The van der Waals surface area contributed by atoms with E-state index >= 15 is 0 Å². The van der Waals surface area contributed by atoms with Gasteiger partial charge in [-0.05, 0) is 43.0 Å². The lowest BCUT2D eigenvalue weighted by Crippen LogP contribution is -2.40. The summed E-state index contributed by atoms with van der Waals surface area (Å²) in [5.74, 6) is -0.925. The number of unbranched alkanes of at least 4 members (excludes halogenated alkanes) is 1. The van der Waals surface area contributed by atoms with Crippen molar-refractivity contribution in [2.45, 2.75) is 45.6 Å². The summed E-state index contributed by atoms with van der Waals surface area (Å²) in [7, 11) is 0. The van der Waals surface area contributed by atoms with E-state index in [1.54, 1.807) is 24.3 Å². The van der Waals surface area contributed by atoms with Gasteiger partial charge in [0.05, 0.1) is 0 Å². The molecule has 3 unspecified atom stereocenters. The summed E-state index contributed by atoms with van der Waals surface area (Å²) in [6, 6.07) is 5.59. The molecule has 6 heteroatoms. The normalized spacial score (nSPS) is 20.1. The summed E-state index contributed by atoms with van der Waals surface area (Å²) >= 11 is 0. The number of amides is 2. The van der Waals surface area contributed by atoms with Crippen molar-refractivity contribution < 1.29 is 19.5 Å². The number of carbonyl (C=O) groups excluding carboxylic acids is 2. The quantitative estimate of drug-likeness (QED) is 0.682. The van der Waals surface area contributed by atoms with Crippen LogP contribution in [0.3, 0.4) is 0 Å². The second-order valence-corrected chi connectivity index (χ2v) is 6.39. The highest BCUT2D eigenvalue weighted by Crippen LogP contribution is 2.38. The minimum atomic E-state index is -1.03. The lowest BCUT2D eigenvalue weighted by atomic mass is 10.1. The molecule has 1 aromatic rings. The van der Waals surface area contributed by atoms with Crippen LogP contribution in [0.4, 0.5) is 5.69 Å². The minimum Gasteiger partial charge on any atom is -0.480 e. The summed E-state index contributed by atoms with van der Waals surface area (Å²) in [5.41, 5.74) is 1.01. The number of carboxylic acid groups (broad SMARTS) is 1. The molecule has 2 amide bonds. The monoisotopic (exact) mass is 332 g/mol. The Morgan fingerprint density at radius 2 is 1.88 bits per heavy atom. The lowest BCUT2D eigenvalue weighted by Gasteiger charge is -2.14. The van der Waals surface area contributed by atoms with Crippen molar-refractivity contribution in [3.63, 3.8) is 0 Å². The first-order chi connectivity index (χ1) is 11.4. The zero-order valence-electron chi connectivity index (χ0n) is 14.0. The van der Waals surface area contributed by atoms with Gasteiger partial charge in [-0.1, -0.05) is 26.7 Å². The second kappa shape index (κ2) is 7.95. The highest BCUT2D eigenvalue weighted by atomic mass is 16.4. The third-order valence-electron chi connectivity index (χ3n) is 4.31. The highest BCUT2D eigenvalue weighted by molar-refractivity contribution is 5.98. The number of benzene rings is 1. The maximum absolute atomic E-state index is 12.2. The molecule has 1 saturated carbocycles. The molecular formula is C18H24N2O4. The maximum Gasteiger partial charge on any atom is 0.326 e. The molecular weight excluding hydrogens is 308 g/mol. The topological polar surface area (TPSA) is 95.5 Å². The second-order valence-electron chi connectivity index (χ2n) is 6.39. The smallest absolute Gasteiger partial charge is 0.326 e. The molecule has 1 fully saturated rings. The molecule has 0 radical (unpaired) electrons. The summed E-state index contributed by atoms with van der Waals surface area (Å²) in [6.07, 6.45) is 2.93. The van der Waals surface area contributed by atoms with Gasteiger partial charge in [0.25, 0.3) is 5.91 Å². The van der Waals surface area contributed by atoms with Crippen LogP contribution in [0.15, 0.2) is 24.3 Å². The van der Waals surface area contributed by atoms with Crippen LogP contribution in [0.1, 0.15) is 49.9 Å². The first-order valence-electron chi connectivity index (χ1n) is 8.37. The van der Waals surface area contributed by atoms with Crippen molar-refractivity contribution in [3.05, 3.63) is 29.8 Å². The Kier molecular flexibility index (Phi) is 5.95. The zero-order chi connectivity index (χ0) is 17.7. The van der Waals surface area contributed by atoms with Gasteiger partial charge in [0.2, 0.25) is 5.91 Å². The number of aliphatic carboxylic acids is 1. The Labute approximate surface area is 141 Å². The first-order valence-corrected chi connectivity index (χ1v) is 8.37. The molecule has 130 valence electrons. The van der Waals surface area contributed by atoms with Crippen molar-refractivity contribution in [1.29, 1.82) is 0 Å². The van der Waals surface area contributed by atoms with Crippen LogP contribution in [-0.4, -0.2) is 28.9 Å². The predicted molar refractivity (Wildman–Crippen MR) is 90.8 cm³/mol. The van der Waals surface area contributed by atoms with Gasteiger partial charge in [0, 0.05) is 17.2 Å². The van der Waals surface area contributed by atoms with Gasteiger partial charge in [0.1, 0.15) is 6.04 Å². The SMILES string of the molecule is CCCCC(NC(=O)c1ccc(NC(=O)C2CC2C)cc1)C(=O)O. The van der Waals surface area contributed by atoms with Gasteiger partial charge in [-0.3, -0.25) is 9.59 Å². The number of nitrogens with one attached hydrogen (secondary N) is 2. The average molecular weight is 332 g/mol. The molecule has 2 rings (SSSR count). The molecule has 3 atom stereocenters. The molecule has 3 N–H and O–H groups in total. The fourth-order valence-corrected chi connectivity index (χ4v) is 2.53. The average Bonchev–Trinajstić information content (AvgIpc) is 3.28. The Morgan fingerprint density at radius 3 is 2.38 bits per heavy atom. The highest BCUT2D eigenvalue weighted by Gasteiger charge is 2.39. The predicted octanol–water partition coefficient (Wildman–Crippen LogP) is 2.65. The number of carbonyl (C=O) groups is 3. The van der Waals surface area contributed by atoms with E-state index in [4.69, 9.17) is 5.11 Å². The minimum absolute atomic E-state index is 0.00482. The number of carboxylic acids is 1. The number of rotatable bonds is 8. The van der Waals surface area contributed by atoms with Gasteiger partial charge in [0.15, 0.2) is 0 Å². The van der Waals surface area contributed by atoms with E-state index in [-0.39, 0.29) is 11.8 Å². The van der Waals surface area contributed by atoms with Gasteiger partial charge >= 0.3 is 5.97 Å². The third kappa shape index (κ3) is 4.81. The molecule has 24 heavy (non-hydrogen) atoms. The number of hydrogen-bond donors (Lipinski definition) is 3. The largest absolute Gasteiger partial charge is 0.480 e. The summed E-state index contributed by atoms with van der Waals surface area (Å²) < 4.78 is 0. The van der Waals surface area contributed by atoms with Gasteiger partial charge in [-0.2, -0.15) is 0 Å². The zero-order valence-corrected chi connectivity index (χ0v) is 14.0. The first kappa shape index (κ1) is 18.0. The standard InChI is InChI=1S/C18H24N2O4/c1-3-4-5-15(18(23)24)20-16(21)12-6-8-13(9-7-12)19-17(22)14-10-11(14)2/h6-9,11,14-15H,3-5,10H2,1-2H3,(H,19,22)(H,20,21)(H,23,24). The molecule has 0 saturated heterocycles. The van der Waals surface area contributed by atoms with Crippen LogP contribution in [0.5, 0.6) is 0 Å². The Bertz CT molecular complexity index is 612. The Balaban J connectivity index is 1.92. The van der Waals surface area contributed by atoms with Crippen LogP contribution in [0.2, 0.25) is 0 Å². The van der Waals surface area contributed by atoms with Crippen LogP contribution in [-0.2, 0) is 9.59 Å². The van der Waals surface area contributed by atoms with E-state index in [9.17, 15) is 14.4 Å². The molecule has 0 bridgehead atoms. The van der Waals surface area contributed by atoms with Crippen molar-refractivity contribution in [2.75, 3.05) is 5.32 Å². The van der Waals surface area contributed by atoms with Crippen molar-refractivity contribution in [2.24, 2.45) is 11.8 Å². The Morgan fingerprint density at radius 1 is 1.25 bits per heavy atom. The summed E-state index contributed by atoms with van der Waals surface area (Å²) in [6.45, 7) is 4.01. The molecule has 1 aliphatic carbocycles. The molecule has 1 aromatic carbocycles. The summed E-state index contributed by atoms with van der Waals surface area (Å²) in [5, 5.41) is 14.5. The van der Waals surface area contributed by atoms with Crippen LogP contribution < -0.4 is 10.6 Å². The van der Waals surface area contributed by atoms with Gasteiger partial charge in [-0.25, -0.2) is 4.79 Å². The lowest BCUT2D eigenvalue weighted by molar-refractivity contribution is -0.139. The third-order valence-corrected chi connectivity index (χ3v) is 4.31. The summed E-state index contributed by atoms with van der Waals surface area (Å²) in [4.78, 5) is 35.2. The van der Waals surface area contributed by atoms with E-state index in [0.717, 1.165) is 19.3 Å². The van der Waals surface area contributed by atoms with Crippen LogP contribution in [0.25, 0.3) is 0 Å². The van der Waals surface area contributed by atoms with E-state index in [1.165, 1.54) is 0 Å². The van der Waals surface area contributed by atoms with E-state index < -0.39 is 17.9 Å². The van der Waals surface area contributed by atoms with E-state index in [2.05, 4.69) is 10.6 Å². The Hall–Kier alpha value is -2.37. The fraction of sp³-hybridized carbons (Fsp3) is 0.500. The van der Waals surface area contributed by atoms with Gasteiger partial charge < -0.3 is 15.7 Å².